The van der Waals surface area contributed by atoms with E-state index in [1.165, 1.54) is 7.11 Å². The summed E-state index contributed by atoms with van der Waals surface area (Å²) in [7, 11) is 1.28. The zero-order valence-corrected chi connectivity index (χ0v) is 15.3. The summed E-state index contributed by atoms with van der Waals surface area (Å²) in [5.74, 6) is -0.438. The predicted molar refractivity (Wildman–Crippen MR) is 101 cm³/mol. The number of carbonyl (C=O) groups excluding carboxylic acids is 2. The molecule has 1 heterocycles. The highest BCUT2D eigenvalue weighted by Crippen LogP contribution is 2.21. The molecule has 1 N–H and O–H groups in total. The van der Waals surface area contributed by atoms with Gasteiger partial charge in [0, 0.05) is 5.69 Å². The first-order valence-electron chi connectivity index (χ1n) is 8.40. The highest BCUT2D eigenvalue weighted by Gasteiger charge is 2.11. The summed E-state index contributed by atoms with van der Waals surface area (Å²) in [5, 5.41) is 10.9. The predicted octanol–water partition coefficient (Wildman–Crippen LogP) is 1.29. The number of nitrogens with one attached hydrogen (secondary N) is 1. The first-order valence-corrected chi connectivity index (χ1v) is 8.40. The van der Waals surface area contributed by atoms with Gasteiger partial charge in [-0.3, -0.25) is 9.59 Å². The maximum Gasteiger partial charge on any atom is 0.343 e. The summed E-state index contributed by atoms with van der Waals surface area (Å²) in [6, 6.07) is 11.7. The molecular weight excluding hydrogens is 364 g/mol. The van der Waals surface area contributed by atoms with E-state index < -0.39 is 11.9 Å². The van der Waals surface area contributed by atoms with Crippen molar-refractivity contribution in [2.45, 2.75) is 13.5 Å². The fraction of sp³-hybridized carbons (Fsp3) is 0.211. The lowest BCUT2D eigenvalue weighted by molar-refractivity contribution is -0.142. The normalized spacial score (nSPS) is 10.5. The molecule has 144 valence electrons. The maximum absolute atomic E-state index is 12.4. The molecule has 0 aliphatic rings. The summed E-state index contributed by atoms with van der Waals surface area (Å²) < 4.78 is 10.8. The summed E-state index contributed by atoms with van der Waals surface area (Å²) in [5.41, 5.74) is 1.37. The van der Waals surface area contributed by atoms with Crippen molar-refractivity contribution in [3.8, 4) is 5.75 Å². The van der Waals surface area contributed by atoms with Crippen LogP contribution in [-0.4, -0.2) is 40.6 Å². The van der Waals surface area contributed by atoms with Crippen LogP contribution in [0.15, 0.2) is 47.3 Å². The smallest absolute Gasteiger partial charge is 0.343 e. The molecule has 3 aromatic rings. The van der Waals surface area contributed by atoms with Crippen LogP contribution in [0.25, 0.3) is 10.9 Å². The molecule has 0 atom stereocenters. The van der Waals surface area contributed by atoms with Crippen molar-refractivity contribution in [1.82, 2.24) is 15.0 Å². The average molecular weight is 382 g/mol. The fourth-order valence-electron chi connectivity index (χ4n) is 2.52. The number of hydrogen-bond acceptors (Lipinski definition) is 7. The average Bonchev–Trinajstić information content (AvgIpc) is 2.70. The molecule has 0 fully saturated rings. The fourth-order valence-corrected chi connectivity index (χ4v) is 2.52. The summed E-state index contributed by atoms with van der Waals surface area (Å²) in [6.07, 6.45) is 0. The third kappa shape index (κ3) is 4.32. The van der Waals surface area contributed by atoms with Gasteiger partial charge in [-0.1, -0.05) is 17.3 Å². The van der Waals surface area contributed by atoms with Gasteiger partial charge >= 0.3 is 5.97 Å². The van der Waals surface area contributed by atoms with E-state index in [4.69, 9.17) is 4.74 Å². The number of benzene rings is 2. The van der Waals surface area contributed by atoms with Crippen LogP contribution < -0.4 is 15.6 Å². The van der Waals surface area contributed by atoms with Gasteiger partial charge in [0.05, 0.1) is 12.5 Å². The van der Waals surface area contributed by atoms with Crippen LogP contribution in [0.5, 0.6) is 5.75 Å². The van der Waals surface area contributed by atoms with E-state index in [0.717, 1.165) is 10.2 Å². The van der Waals surface area contributed by atoms with Crippen molar-refractivity contribution in [1.29, 1.82) is 0 Å². The van der Waals surface area contributed by atoms with Crippen LogP contribution in [0.4, 0.5) is 5.69 Å². The zero-order chi connectivity index (χ0) is 20.1. The van der Waals surface area contributed by atoms with Crippen molar-refractivity contribution in [3.63, 3.8) is 0 Å². The number of amides is 1. The number of ether oxygens (including phenoxy) is 2. The minimum absolute atomic E-state index is 0.203. The second kappa shape index (κ2) is 8.30. The van der Waals surface area contributed by atoms with Crippen molar-refractivity contribution >= 4 is 28.5 Å². The van der Waals surface area contributed by atoms with E-state index in [-0.39, 0.29) is 18.7 Å². The van der Waals surface area contributed by atoms with Crippen LogP contribution in [0, 0.1) is 6.92 Å². The Labute approximate surface area is 159 Å². The van der Waals surface area contributed by atoms with Crippen LogP contribution >= 0.6 is 0 Å². The van der Waals surface area contributed by atoms with Gasteiger partial charge < -0.3 is 14.8 Å². The number of hydrogen-bond donors (Lipinski definition) is 1. The molecule has 9 heteroatoms. The maximum atomic E-state index is 12.4. The van der Waals surface area contributed by atoms with Gasteiger partial charge in [0.1, 0.15) is 17.8 Å². The van der Waals surface area contributed by atoms with Crippen molar-refractivity contribution in [3.05, 3.63) is 58.4 Å². The molecule has 0 unspecified atom stereocenters. The Bertz CT molecular complexity index is 1090. The van der Waals surface area contributed by atoms with E-state index in [0.29, 0.717) is 22.3 Å². The van der Waals surface area contributed by atoms with Crippen LogP contribution in [0.3, 0.4) is 0 Å². The van der Waals surface area contributed by atoms with Gasteiger partial charge in [-0.2, -0.15) is 0 Å². The first-order chi connectivity index (χ1) is 13.5. The Kier molecular flexibility index (Phi) is 5.64. The van der Waals surface area contributed by atoms with E-state index in [9.17, 15) is 14.4 Å². The lowest BCUT2D eigenvalue weighted by atomic mass is 10.2. The second-order valence-corrected chi connectivity index (χ2v) is 5.96. The van der Waals surface area contributed by atoms with E-state index in [1.54, 1.807) is 49.4 Å². The summed E-state index contributed by atoms with van der Waals surface area (Å²) in [6.45, 7) is 1.31. The molecule has 0 spiro atoms. The molecule has 0 aliphatic heterocycles. The Balaban J connectivity index is 1.69. The number of methoxy groups -OCH3 is 1. The molecule has 0 saturated heterocycles. The summed E-state index contributed by atoms with van der Waals surface area (Å²) >= 11 is 0. The molecule has 0 bridgehead atoms. The minimum atomic E-state index is -0.489. The van der Waals surface area contributed by atoms with Crippen molar-refractivity contribution in [2.75, 3.05) is 19.0 Å². The molecule has 2 aromatic carbocycles. The lowest BCUT2D eigenvalue weighted by Crippen LogP contribution is -2.30. The third-order valence-electron chi connectivity index (χ3n) is 3.98. The monoisotopic (exact) mass is 382 g/mol. The van der Waals surface area contributed by atoms with Gasteiger partial charge in [-0.05, 0) is 42.8 Å². The number of anilines is 1. The van der Waals surface area contributed by atoms with E-state index in [1.807, 2.05) is 0 Å². The standard InChI is InChI=1S/C19H18N4O5/c1-12-9-13(28-11-18(25)27-2)7-8-15(12)20-17(24)10-23-19(26)14-5-3-4-6-16(14)21-22-23/h3-9H,10-11H2,1-2H3,(H,20,24). The van der Waals surface area contributed by atoms with Crippen LogP contribution in [-0.2, 0) is 20.9 Å². The molecule has 0 radical (unpaired) electrons. The number of carbonyl (C=O) groups is 2. The Hall–Kier alpha value is -3.75. The summed E-state index contributed by atoms with van der Waals surface area (Å²) in [4.78, 5) is 35.9. The Morgan fingerprint density at radius 3 is 2.71 bits per heavy atom. The number of aromatic nitrogens is 3. The molecular formula is C19H18N4O5. The highest BCUT2D eigenvalue weighted by atomic mass is 16.6. The van der Waals surface area contributed by atoms with E-state index >= 15 is 0 Å². The largest absolute Gasteiger partial charge is 0.482 e. The molecule has 0 saturated carbocycles. The molecule has 1 amide bonds. The lowest BCUT2D eigenvalue weighted by Gasteiger charge is -2.11. The number of aryl methyl sites for hydroxylation is 1. The highest BCUT2D eigenvalue weighted by molar-refractivity contribution is 5.91. The van der Waals surface area contributed by atoms with Gasteiger partial charge in [0.15, 0.2) is 6.61 Å². The quantitative estimate of drug-likeness (QED) is 0.639. The molecule has 1 aromatic heterocycles. The van der Waals surface area contributed by atoms with Crippen LogP contribution in [0.2, 0.25) is 0 Å². The number of rotatable bonds is 6. The van der Waals surface area contributed by atoms with Crippen LogP contribution in [0.1, 0.15) is 5.56 Å². The zero-order valence-electron chi connectivity index (χ0n) is 15.3. The Morgan fingerprint density at radius 2 is 1.96 bits per heavy atom. The molecule has 3 rings (SSSR count). The van der Waals surface area contributed by atoms with E-state index in [2.05, 4.69) is 20.4 Å². The number of esters is 1. The van der Waals surface area contributed by atoms with Gasteiger partial charge in [-0.15, -0.1) is 5.10 Å². The third-order valence-corrected chi connectivity index (χ3v) is 3.98. The molecule has 9 nitrogen and oxygen atoms in total. The Morgan fingerprint density at radius 1 is 1.18 bits per heavy atom. The van der Waals surface area contributed by atoms with Gasteiger partial charge in [0.25, 0.3) is 5.56 Å². The first kappa shape index (κ1) is 19.0. The number of fused-ring (bicyclic) bond motifs is 1. The molecule has 0 aliphatic carbocycles. The van der Waals surface area contributed by atoms with Crippen molar-refractivity contribution < 1.29 is 19.1 Å². The van der Waals surface area contributed by atoms with Gasteiger partial charge in [0.2, 0.25) is 5.91 Å². The topological polar surface area (TPSA) is 112 Å². The number of nitrogens with zero attached hydrogens (tertiary/aromatic N) is 3. The second-order valence-electron chi connectivity index (χ2n) is 5.96. The van der Waals surface area contributed by atoms with Crippen molar-refractivity contribution in [2.24, 2.45) is 0 Å². The molecule has 28 heavy (non-hydrogen) atoms. The minimum Gasteiger partial charge on any atom is -0.482 e. The SMILES string of the molecule is COC(=O)COc1ccc(NC(=O)Cn2nnc3ccccc3c2=O)c(C)c1. The van der Waals surface area contributed by atoms with Gasteiger partial charge in [-0.25, -0.2) is 9.48 Å².